The van der Waals surface area contributed by atoms with Gasteiger partial charge in [-0.1, -0.05) is 6.07 Å². The third-order valence-electron chi connectivity index (χ3n) is 2.89. The van der Waals surface area contributed by atoms with Crippen molar-refractivity contribution in [2.45, 2.75) is 12.0 Å². The topological polar surface area (TPSA) is 70.5 Å². The Hall–Kier alpha value is -0.790. The average molecular weight is 288 g/mol. The van der Waals surface area contributed by atoms with E-state index in [1.54, 1.807) is 35.0 Å². The molecule has 0 aliphatic carbocycles. The van der Waals surface area contributed by atoms with E-state index in [1.807, 2.05) is 0 Å². The number of thioether (sulfide) groups is 1. The van der Waals surface area contributed by atoms with Gasteiger partial charge in [-0.15, -0.1) is 0 Å². The van der Waals surface area contributed by atoms with Gasteiger partial charge in [0.2, 0.25) is 0 Å². The number of hydrogen-bond acceptors (Lipinski definition) is 6. The molecule has 1 aromatic heterocycles. The Morgan fingerprint density at radius 2 is 2.39 bits per heavy atom. The molecular weight excluding hydrogens is 272 g/mol. The Bertz CT molecular complexity index is 519. The van der Waals surface area contributed by atoms with Crippen molar-refractivity contribution < 1.29 is 13.5 Å². The molecule has 0 saturated carbocycles. The number of aliphatic hydroxyl groups excluding tert-OH is 1. The Kier molecular flexibility index (Phi) is 4.14. The van der Waals surface area contributed by atoms with Crippen LogP contribution < -0.4 is 4.90 Å². The van der Waals surface area contributed by atoms with E-state index in [0.717, 1.165) is 5.75 Å². The van der Waals surface area contributed by atoms with Gasteiger partial charge in [-0.25, -0.2) is 13.4 Å². The molecule has 0 bridgehead atoms. The van der Waals surface area contributed by atoms with Crippen molar-refractivity contribution in [3.05, 3.63) is 23.9 Å². The van der Waals surface area contributed by atoms with Gasteiger partial charge in [0.15, 0.2) is 9.84 Å². The second kappa shape index (κ2) is 5.46. The van der Waals surface area contributed by atoms with E-state index in [-0.39, 0.29) is 6.61 Å². The molecule has 2 heterocycles. The minimum atomic E-state index is -3.16. The van der Waals surface area contributed by atoms with Gasteiger partial charge in [0, 0.05) is 36.1 Å². The summed E-state index contributed by atoms with van der Waals surface area (Å²) in [6.07, 6.45) is 2.87. The van der Waals surface area contributed by atoms with Crippen LogP contribution in [0, 0.1) is 0 Å². The molecule has 0 amide bonds. The minimum Gasteiger partial charge on any atom is -0.392 e. The van der Waals surface area contributed by atoms with Crippen LogP contribution in [0.1, 0.15) is 5.56 Å². The Morgan fingerprint density at radius 1 is 1.61 bits per heavy atom. The lowest BCUT2D eigenvalue weighted by Crippen LogP contribution is -2.47. The van der Waals surface area contributed by atoms with Gasteiger partial charge in [-0.3, -0.25) is 0 Å². The fourth-order valence-electron chi connectivity index (χ4n) is 1.99. The molecule has 1 aromatic rings. The van der Waals surface area contributed by atoms with E-state index in [2.05, 4.69) is 4.98 Å². The molecule has 1 saturated heterocycles. The number of rotatable bonds is 3. The van der Waals surface area contributed by atoms with Gasteiger partial charge < -0.3 is 10.0 Å². The normalized spacial score (nSPS) is 21.0. The second-order valence-corrected chi connectivity index (χ2v) is 7.55. The highest BCUT2D eigenvalue weighted by atomic mass is 32.2. The molecule has 0 aromatic carbocycles. The molecule has 1 aliphatic heterocycles. The van der Waals surface area contributed by atoms with Crippen molar-refractivity contribution in [1.82, 2.24) is 4.98 Å². The van der Waals surface area contributed by atoms with Gasteiger partial charge in [-0.05, 0) is 6.07 Å². The van der Waals surface area contributed by atoms with E-state index in [0.29, 0.717) is 23.7 Å². The standard InChI is InChI=1S/C11H16N2O3S2/c1-18(15,16)10-8-17-6-5-13(10)11-9(7-14)3-2-4-12-11/h2-4,10,14H,5-8H2,1H3. The molecule has 1 fully saturated rings. The van der Waals surface area contributed by atoms with E-state index < -0.39 is 15.2 Å². The third kappa shape index (κ3) is 2.78. The van der Waals surface area contributed by atoms with Gasteiger partial charge >= 0.3 is 0 Å². The van der Waals surface area contributed by atoms with E-state index in [4.69, 9.17) is 0 Å². The first kappa shape index (κ1) is 13.6. The van der Waals surface area contributed by atoms with Crippen LogP contribution >= 0.6 is 11.8 Å². The third-order valence-corrected chi connectivity index (χ3v) is 5.53. The number of aliphatic hydroxyl groups is 1. The molecule has 1 atom stereocenters. The summed E-state index contributed by atoms with van der Waals surface area (Å²) in [7, 11) is -3.16. The maximum Gasteiger partial charge on any atom is 0.169 e. The van der Waals surface area contributed by atoms with E-state index in [1.165, 1.54) is 6.26 Å². The predicted molar refractivity (Wildman–Crippen MR) is 73.5 cm³/mol. The summed E-state index contributed by atoms with van der Waals surface area (Å²) in [6.45, 7) is 0.496. The van der Waals surface area contributed by atoms with E-state index in [9.17, 15) is 13.5 Å². The molecule has 18 heavy (non-hydrogen) atoms. The smallest absolute Gasteiger partial charge is 0.169 e. The van der Waals surface area contributed by atoms with Crippen LogP contribution in [0.4, 0.5) is 5.82 Å². The second-order valence-electron chi connectivity index (χ2n) is 4.20. The summed E-state index contributed by atoms with van der Waals surface area (Å²) in [5.74, 6) is 1.99. The molecule has 0 radical (unpaired) electrons. The molecule has 100 valence electrons. The molecule has 1 N–H and O–H groups in total. The number of nitrogens with zero attached hydrogens (tertiary/aromatic N) is 2. The van der Waals surface area contributed by atoms with Crippen LogP contribution in [0.15, 0.2) is 18.3 Å². The highest BCUT2D eigenvalue weighted by molar-refractivity contribution is 8.01. The van der Waals surface area contributed by atoms with Crippen LogP contribution in [0.3, 0.4) is 0 Å². The average Bonchev–Trinajstić information content (AvgIpc) is 2.37. The first-order valence-electron chi connectivity index (χ1n) is 5.62. The van der Waals surface area contributed by atoms with Crippen molar-refractivity contribution in [3.63, 3.8) is 0 Å². The molecule has 7 heteroatoms. The number of sulfone groups is 1. The first-order valence-corrected chi connectivity index (χ1v) is 8.73. The lowest BCUT2D eigenvalue weighted by molar-refractivity contribution is 0.281. The lowest BCUT2D eigenvalue weighted by Gasteiger charge is -2.35. The van der Waals surface area contributed by atoms with Crippen molar-refractivity contribution in [2.24, 2.45) is 0 Å². The lowest BCUT2D eigenvalue weighted by atomic mass is 10.2. The maximum absolute atomic E-state index is 11.8. The number of aromatic nitrogens is 1. The van der Waals surface area contributed by atoms with Gasteiger partial charge in [0.05, 0.1) is 6.61 Å². The zero-order valence-corrected chi connectivity index (χ0v) is 11.7. The molecule has 0 spiro atoms. The Morgan fingerprint density at radius 3 is 3.06 bits per heavy atom. The summed E-state index contributed by atoms with van der Waals surface area (Å²) in [4.78, 5) is 6.02. The van der Waals surface area contributed by atoms with Crippen LogP contribution in [-0.4, -0.2) is 48.2 Å². The van der Waals surface area contributed by atoms with Gasteiger partial charge in [-0.2, -0.15) is 11.8 Å². The molecule has 2 rings (SSSR count). The summed E-state index contributed by atoms with van der Waals surface area (Å²) in [5.41, 5.74) is 0.665. The summed E-state index contributed by atoms with van der Waals surface area (Å²) < 4.78 is 23.6. The summed E-state index contributed by atoms with van der Waals surface area (Å²) in [6, 6.07) is 3.51. The molecule has 5 nitrogen and oxygen atoms in total. The SMILES string of the molecule is CS(=O)(=O)C1CSCCN1c1ncccc1CO. The number of anilines is 1. The molecular formula is C11H16N2O3S2. The minimum absolute atomic E-state index is 0.136. The van der Waals surface area contributed by atoms with Crippen LogP contribution in [0.25, 0.3) is 0 Å². The maximum atomic E-state index is 11.8. The monoisotopic (exact) mass is 288 g/mol. The van der Waals surface area contributed by atoms with Gasteiger partial charge in [0.1, 0.15) is 11.2 Å². The van der Waals surface area contributed by atoms with Gasteiger partial charge in [0.25, 0.3) is 0 Å². The van der Waals surface area contributed by atoms with Crippen LogP contribution in [-0.2, 0) is 16.4 Å². The Labute approximate surface area is 111 Å². The zero-order valence-electron chi connectivity index (χ0n) is 10.1. The Balaban J connectivity index is 2.40. The summed E-state index contributed by atoms with van der Waals surface area (Å²) >= 11 is 1.63. The number of hydrogen-bond donors (Lipinski definition) is 1. The highest BCUT2D eigenvalue weighted by Gasteiger charge is 2.32. The highest BCUT2D eigenvalue weighted by Crippen LogP contribution is 2.27. The summed E-state index contributed by atoms with van der Waals surface area (Å²) in [5, 5.41) is 8.76. The molecule has 1 unspecified atom stereocenters. The fourth-order valence-corrected chi connectivity index (χ4v) is 4.81. The number of pyridine rings is 1. The van der Waals surface area contributed by atoms with Crippen molar-refractivity contribution in [2.75, 3.05) is 29.2 Å². The largest absolute Gasteiger partial charge is 0.392 e. The zero-order chi connectivity index (χ0) is 13.2. The van der Waals surface area contributed by atoms with E-state index >= 15 is 0 Å². The van der Waals surface area contributed by atoms with Crippen molar-refractivity contribution >= 4 is 27.4 Å². The van der Waals surface area contributed by atoms with Crippen LogP contribution in [0.2, 0.25) is 0 Å². The quantitative estimate of drug-likeness (QED) is 0.873. The van der Waals surface area contributed by atoms with Crippen molar-refractivity contribution in [1.29, 1.82) is 0 Å². The predicted octanol–water partition coefficient (Wildman–Crippen LogP) is 0.498. The molecule has 1 aliphatic rings. The van der Waals surface area contributed by atoms with Crippen LogP contribution in [0.5, 0.6) is 0 Å². The fraction of sp³-hybridized carbons (Fsp3) is 0.545. The van der Waals surface area contributed by atoms with Crippen molar-refractivity contribution in [3.8, 4) is 0 Å². The first-order chi connectivity index (χ1) is 8.54.